The molecule has 1 spiro atoms. The summed E-state index contributed by atoms with van der Waals surface area (Å²) in [5, 5.41) is 10.1. The number of hydrogen-bond acceptors (Lipinski definition) is 3. The molecule has 1 aromatic carbocycles. The van der Waals surface area contributed by atoms with Gasteiger partial charge in [-0.25, -0.2) is 0 Å². The third kappa shape index (κ3) is 3.24. The lowest BCUT2D eigenvalue weighted by Gasteiger charge is -2.38. The minimum atomic E-state index is -0.443. The Kier molecular flexibility index (Phi) is 4.51. The minimum Gasteiger partial charge on any atom is -0.490 e. The Morgan fingerprint density at radius 2 is 2.10 bits per heavy atom. The topological polar surface area (TPSA) is 38.7 Å². The van der Waals surface area contributed by atoms with Crippen molar-refractivity contribution in [3.63, 3.8) is 0 Å². The van der Waals surface area contributed by atoms with Crippen LogP contribution in [0.1, 0.15) is 63.5 Å². The molecule has 1 aromatic rings. The van der Waals surface area contributed by atoms with Gasteiger partial charge in [-0.1, -0.05) is 38.0 Å². The Morgan fingerprint density at radius 3 is 2.86 bits per heavy atom. The second-order valence-corrected chi connectivity index (χ2v) is 6.43. The quantitative estimate of drug-likeness (QED) is 0.911. The molecule has 1 heterocycles. The van der Waals surface area contributed by atoms with E-state index >= 15 is 0 Å². The first-order chi connectivity index (χ1) is 10.2. The van der Waals surface area contributed by atoms with E-state index in [2.05, 4.69) is 0 Å². The van der Waals surface area contributed by atoms with Crippen LogP contribution >= 0.6 is 0 Å². The smallest absolute Gasteiger partial charge is 0.125 e. The largest absolute Gasteiger partial charge is 0.490 e. The second kappa shape index (κ2) is 6.37. The molecule has 1 aliphatic heterocycles. The van der Waals surface area contributed by atoms with Crippen LogP contribution in [0.2, 0.25) is 0 Å². The van der Waals surface area contributed by atoms with Gasteiger partial charge in [0.15, 0.2) is 0 Å². The van der Waals surface area contributed by atoms with Crippen LogP contribution in [-0.2, 0) is 4.74 Å². The summed E-state index contributed by atoms with van der Waals surface area (Å²) in [7, 11) is 0. The first kappa shape index (κ1) is 14.9. The van der Waals surface area contributed by atoms with Crippen molar-refractivity contribution in [2.24, 2.45) is 0 Å². The number of aliphatic hydroxyl groups is 1. The van der Waals surface area contributed by atoms with Crippen LogP contribution < -0.4 is 4.74 Å². The Morgan fingerprint density at radius 1 is 1.33 bits per heavy atom. The van der Waals surface area contributed by atoms with Gasteiger partial charge in [0.2, 0.25) is 0 Å². The van der Waals surface area contributed by atoms with Gasteiger partial charge >= 0.3 is 0 Å². The molecule has 2 fully saturated rings. The van der Waals surface area contributed by atoms with E-state index in [-0.39, 0.29) is 11.7 Å². The lowest BCUT2D eigenvalue weighted by Crippen LogP contribution is -2.41. The third-order valence-corrected chi connectivity index (χ3v) is 4.92. The highest BCUT2D eigenvalue weighted by Gasteiger charge is 2.40. The predicted octanol–water partition coefficient (Wildman–Crippen LogP) is 4.00. The maximum Gasteiger partial charge on any atom is 0.125 e. The van der Waals surface area contributed by atoms with Crippen molar-refractivity contribution in [2.75, 3.05) is 6.61 Å². The zero-order valence-corrected chi connectivity index (χ0v) is 12.9. The van der Waals surface area contributed by atoms with Crippen LogP contribution in [0.4, 0.5) is 0 Å². The van der Waals surface area contributed by atoms with E-state index in [0.29, 0.717) is 6.42 Å². The fourth-order valence-electron chi connectivity index (χ4n) is 3.71. The van der Waals surface area contributed by atoms with Crippen molar-refractivity contribution < 1.29 is 14.6 Å². The average Bonchev–Trinajstić information content (AvgIpc) is 2.95. The highest BCUT2D eigenvalue weighted by atomic mass is 16.5. The molecule has 0 bridgehead atoms. The Bertz CT molecular complexity index is 465. The third-order valence-electron chi connectivity index (χ3n) is 4.92. The van der Waals surface area contributed by atoms with Crippen LogP contribution in [0, 0.1) is 0 Å². The van der Waals surface area contributed by atoms with Crippen LogP contribution in [-0.4, -0.2) is 23.4 Å². The fourth-order valence-corrected chi connectivity index (χ4v) is 3.71. The van der Waals surface area contributed by atoms with Crippen molar-refractivity contribution in [2.45, 2.75) is 69.7 Å². The van der Waals surface area contributed by atoms with E-state index in [4.69, 9.17) is 9.47 Å². The molecular weight excluding hydrogens is 264 g/mol. The summed E-state index contributed by atoms with van der Waals surface area (Å²) in [4.78, 5) is 0. The van der Waals surface area contributed by atoms with Crippen molar-refractivity contribution in [1.82, 2.24) is 0 Å². The van der Waals surface area contributed by atoms with Gasteiger partial charge in [-0.15, -0.1) is 0 Å². The van der Waals surface area contributed by atoms with Gasteiger partial charge < -0.3 is 14.6 Å². The lowest BCUT2D eigenvalue weighted by atomic mass is 9.90. The summed E-state index contributed by atoms with van der Waals surface area (Å²) in [5.74, 6) is 0.840. The Hall–Kier alpha value is -1.06. The summed E-state index contributed by atoms with van der Waals surface area (Å²) in [6.45, 7) is 2.78. The summed E-state index contributed by atoms with van der Waals surface area (Å²) >= 11 is 0. The van der Waals surface area contributed by atoms with E-state index in [0.717, 1.165) is 30.8 Å². The SMILES string of the molecule is CC[C@@H](O)c1ccccc1OC1CCOC2(CCCC2)C1. The molecule has 21 heavy (non-hydrogen) atoms. The van der Waals surface area contributed by atoms with Crippen LogP contribution in [0.15, 0.2) is 24.3 Å². The molecule has 0 aromatic heterocycles. The van der Waals surface area contributed by atoms with Gasteiger partial charge in [0.05, 0.1) is 18.3 Å². The van der Waals surface area contributed by atoms with E-state index in [1.165, 1.54) is 25.7 Å². The summed E-state index contributed by atoms with van der Waals surface area (Å²) in [6.07, 6.45) is 7.30. The normalized spacial score (nSPS) is 25.9. The average molecular weight is 290 g/mol. The Balaban J connectivity index is 1.71. The minimum absolute atomic E-state index is 0.0707. The van der Waals surface area contributed by atoms with Crippen molar-refractivity contribution in [3.8, 4) is 5.75 Å². The van der Waals surface area contributed by atoms with Gasteiger partial charge in [-0.3, -0.25) is 0 Å². The molecule has 1 saturated heterocycles. The molecule has 3 heteroatoms. The molecule has 1 aliphatic carbocycles. The molecular formula is C18H26O3. The zero-order valence-electron chi connectivity index (χ0n) is 12.9. The van der Waals surface area contributed by atoms with Crippen molar-refractivity contribution in [1.29, 1.82) is 0 Å². The molecule has 2 aliphatic rings. The summed E-state index contributed by atoms with van der Waals surface area (Å²) in [6, 6.07) is 7.88. The first-order valence-electron chi connectivity index (χ1n) is 8.30. The van der Waals surface area contributed by atoms with E-state index in [1.807, 2.05) is 31.2 Å². The molecule has 2 atom stereocenters. The fraction of sp³-hybridized carbons (Fsp3) is 0.667. The number of ether oxygens (including phenoxy) is 2. The number of hydrogen-bond donors (Lipinski definition) is 1. The second-order valence-electron chi connectivity index (χ2n) is 6.43. The van der Waals surface area contributed by atoms with Crippen LogP contribution in [0.3, 0.4) is 0 Å². The highest BCUT2D eigenvalue weighted by Crippen LogP contribution is 2.41. The van der Waals surface area contributed by atoms with E-state index in [9.17, 15) is 5.11 Å². The Labute approximate surface area is 127 Å². The lowest BCUT2D eigenvalue weighted by molar-refractivity contribution is -0.108. The van der Waals surface area contributed by atoms with E-state index in [1.54, 1.807) is 0 Å². The molecule has 116 valence electrons. The standard InChI is InChI=1S/C18H26O3/c1-2-16(19)15-7-3-4-8-17(15)21-14-9-12-20-18(13-14)10-5-6-11-18/h3-4,7-8,14,16,19H,2,5-6,9-13H2,1H3/t14?,16-/m1/s1. The van der Waals surface area contributed by atoms with Gasteiger partial charge in [0, 0.05) is 18.4 Å². The molecule has 1 unspecified atom stereocenters. The number of rotatable bonds is 4. The van der Waals surface area contributed by atoms with Crippen LogP contribution in [0.25, 0.3) is 0 Å². The van der Waals surface area contributed by atoms with Gasteiger partial charge in [-0.05, 0) is 25.3 Å². The van der Waals surface area contributed by atoms with Gasteiger partial charge in [-0.2, -0.15) is 0 Å². The number of benzene rings is 1. The molecule has 3 nitrogen and oxygen atoms in total. The van der Waals surface area contributed by atoms with Crippen LogP contribution in [0.5, 0.6) is 5.75 Å². The van der Waals surface area contributed by atoms with Gasteiger partial charge in [0.25, 0.3) is 0 Å². The summed E-state index contributed by atoms with van der Waals surface area (Å²) < 4.78 is 12.3. The number of aliphatic hydroxyl groups excluding tert-OH is 1. The van der Waals surface area contributed by atoms with Crippen molar-refractivity contribution in [3.05, 3.63) is 29.8 Å². The molecule has 1 saturated carbocycles. The number of para-hydroxylation sites is 1. The first-order valence-corrected chi connectivity index (χ1v) is 8.30. The highest BCUT2D eigenvalue weighted by molar-refractivity contribution is 5.35. The predicted molar refractivity (Wildman–Crippen MR) is 82.5 cm³/mol. The molecule has 0 amide bonds. The van der Waals surface area contributed by atoms with Crippen molar-refractivity contribution >= 4 is 0 Å². The molecule has 1 N–H and O–H groups in total. The van der Waals surface area contributed by atoms with Gasteiger partial charge in [0.1, 0.15) is 11.9 Å². The monoisotopic (exact) mass is 290 g/mol. The zero-order chi connectivity index (χ0) is 14.7. The van der Waals surface area contributed by atoms with E-state index < -0.39 is 6.10 Å². The maximum atomic E-state index is 10.1. The molecule has 3 rings (SSSR count). The maximum absolute atomic E-state index is 10.1. The summed E-state index contributed by atoms with van der Waals surface area (Å²) in [5.41, 5.74) is 0.980. The molecule has 0 radical (unpaired) electrons.